The van der Waals surface area contributed by atoms with Crippen LogP contribution in [0.15, 0.2) is 4.47 Å². The maximum absolute atomic E-state index is 4.51. The van der Waals surface area contributed by atoms with Gasteiger partial charge in [0.05, 0.1) is 15.9 Å². The van der Waals surface area contributed by atoms with Gasteiger partial charge < -0.3 is 5.32 Å². The fourth-order valence-corrected chi connectivity index (χ4v) is 2.57. The Bertz CT molecular complexity index is 367. The van der Waals surface area contributed by atoms with Gasteiger partial charge in [-0.05, 0) is 42.1 Å². The topological polar surface area (TPSA) is 29.9 Å². The van der Waals surface area contributed by atoms with E-state index in [9.17, 15) is 0 Å². The summed E-state index contributed by atoms with van der Waals surface area (Å²) in [5.41, 5.74) is 2.59. The molecule has 98 valence electrons. The second kappa shape index (κ2) is 6.01. The summed E-state index contributed by atoms with van der Waals surface area (Å²) in [6.07, 6.45) is 3.24. The van der Waals surface area contributed by atoms with Gasteiger partial charge in [0.2, 0.25) is 0 Å². The molecule has 0 saturated carbocycles. The van der Waals surface area contributed by atoms with Crippen LogP contribution in [0, 0.1) is 0 Å². The zero-order chi connectivity index (χ0) is 13.1. The smallest absolute Gasteiger partial charge is 0.0767 e. The zero-order valence-corrected chi connectivity index (χ0v) is 13.2. The minimum absolute atomic E-state index is 0.218. The van der Waals surface area contributed by atoms with Crippen LogP contribution in [0.3, 0.4) is 0 Å². The molecule has 0 fully saturated rings. The molecule has 17 heavy (non-hydrogen) atoms. The van der Waals surface area contributed by atoms with Crippen LogP contribution in [0.4, 0.5) is 0 Å². The average molecular weight is 302 g/mol. The number of aryl methyl sites for hydroxylation is 2. The average Bonchev–Trinajstić information content (AvgIpc) is 2.61. The highest BCUT2D eigenvalue weighted by molar-refractivity contribution is 9.10. The molecule has 1 N–H and O–H groups in total. The third kappa shape index (κ3) is 3.32. The lowest BCUT2D eigenvalue weighted by molar-refractivity contribution is 0.325. The van der Waals surface area contributed by atoms with Gasteiger partial charge in [-0.1, -0.05) is 20.8 Å². The normalized spacial score (nSPS) is 12.1. The molecule has 0 saturated heterocycles. The molecule has 0 spiro atoms. The first-order valence-electron chi connectivity index (χ1n) is 6.42. The van der Waals surface area contributed by atoms with Gasteiger partial charge in [0.25, 0.3) is 0 Å². The Hall–Kier alpha value is -0.350. The van der Waals surface area contributed by atoms with Gasteiger partial charge in [0.1, 0.15) is 0 Å². The van der Waals surface area contributed by atoms with Crippen molar-refractivity contribution in [1.82, 2.24) is 15.1 Å². The minimum atomic E-state index is 0.218. The number of hydrogen-bond acceptors (Lipinski definition) is 2. The molecule has 1 rings (SSSR count). The molecule has 1 aromatic rings. The van der Waals surface area contributed by atoms with E-state index in [1.165, 1.54) is 5.69 Å². The lowest BCUT2D eigenvalue weighted by atomic mass is 9.95. The van der Waals surface area contributed by atoms with E-state index >= 15 is 0 Å². The Labute approximate surface area is 113 Å². The Balaban J connectivity index is 2.79. The van der Waals surface area contributed by atoms with Crippen molar-refractivity contribution in [2.45, 2.75) is 59.0 Å². The van der Waals surface area contributed by atoms with Crippen LogP contribution in [0.2, 0.25) is 0 Å². The van der Waals surface area contributed by atoms with E-state index in [1.54, 1.807) is 0 Å². The molecule has 1 aromatic heterocycles. The van der Waals surface area contributed by atoms with Crippen LogP contribution in [0.5, 0.6) is 0 Å². The first-order chi connectivity index (χ1) is 7.97. The fourth-order valence-electron chi connectivity index (χ4n) is 1.81. The second-order valence-electron chi connectivity index (χ2n) is 4.81. The Morgan fingerprint density at radius 3 is 2.29 bits per heavy atom. The number of aromatic nitrogens is 2. The molecule has 1 heterocycles. The third-order valence-corrected chi connectivity index (χ3v) is 4.66. The van der Waals surface area contributed by atoms with E-state index in [-0.39, 0.29) is 5.54 Å². The van der Waals surface area contributed by atoms with Crippen molar-refractivity contribution in [2.75, 3.05) is 0 Å². The molecule has 0 aliphatic carbocycles. The zero-order valence-electron chi connectivity index (χ0n) is 11.6. The number of nitrogens with one attached hydrogen (secondary N) is 1. The highest BCUT2D eigenvalue weighted by Crippen LogP contribution is 2.23. The summed E-state index contributed by atoms with van der Waals surface area (Å²) < 4.78 is 3.13. The Kier molecular flexibility index (Phi) is 5.20. The van der Waals surface area contributed by atoms with Gasteiger partial charge in [-0.25, -0.2) is 0 Å². The summed E-state index contributed by atoms with van der Waals surface area (Å²) in [6, 6.07) is 0. The van der Waals surface area contributed by atoms with Gasteiger partial charge >= 0.3 is 0 Å². The van der Waals surface area contributed by atoms with E-state index in [4.69, 9.17) is 0 Å². The van der Waals surface area contributed by atoms with Crippen LogP contribution in [0.1, 0.15) is 51.9 Å². The molecular formula is C13H24BrN3. The largest absolute Gasteiger partial charge is 0.306 e. The van der Waals surface area contributed by atoms with Crippen LogP contribution in [-0.2, 0) is 20.0 Å². The van der Waals surface area contributed by atoms with Crippen molar-refractivity contribution in [3.63, 3.8) is 0 Å². The third-order valence-electron chi connectivity index (χ3n) is 3.75. The second-order valence-corrected chi connectivity index (χ2v) is 5.60. The summed E-state index contributed by atoms with van der Waals surface area (Å²) in [5.74, 6) is 0. The van der Waals surface area contributed by atoms with Crippen molar-refractivity contribution < 1.29 is 0 Å². The number of rotatable bonds is 6. The van der Waals surface area contributed by atoms with Gasteiger partial charge in [-0.15, -0.1) is 0 Å². The van der Waals surface area contributed by atoms with Crippen LogP contribution in [-0.4, -0.2) is 15.3 Å². The molecule has 4 heteroatoms. The van der Waals surface area contributed by atoms with E-state index < -0.39 is 0 Å². The predicted octanol–water partition coefficient (Wildman–Crippen LogP) is 3.41. The molecule has 0 aliphatic rings. The lowest BCUT2D eigenvalue weighted by Gasteiger charge is -2.28. The van der Waals surface area contributed by atoms with Gasteiger partial charge in [0.15, 0.2) is 0 Å². The molecular weight excluding hydrogens is 278 g/mol. The van der Waals surface area contributed by atoms with Crippen LogP contribution >= 0.6 is 15.9 Å². The Morgan fingerprint density at radius 1 is 1.29 bits per heavy atom. The van der Waals surface area contributed by atoms with Gasteiger partial charge in [0, 0.05) is 19.1 Å². The fraction of sp³-hybridized carbons (Fsp3) is 0.769. The van der Waals surface area contributed by atoms with Gasteiger partial charge in [-0.3, -0.25) is 4.68 Å². The molecule has 0 aliphatic heterocycles. The maximum atomic E-state index is 4.51. The van der Waals surface area contributed by atoms with E-state index in [1.807, 2.05) is 11.7 Å². The first-order valence-corrected chi connectivity index (χ1v) is 7.22. The van der Waals surface area contributed by atoms with Crippen molar-refractivity contribution in [3.8, 4) is 0 Å². The summed E-state index contributed by atoms with van der Waals surface area (Å²) >= 11 is 3.65. The summed E-state index contributed by atoms with van der Waals surface area (Å²) in [6.45, 7) is 9.73. The summed E-state index contributed by atoms with van der Waals surface area (Å²) in [4.78, 5) is 0. The number of halogens is 1. The number of hydrogen-bond donors (Lipinski definition) is 1. The molecule has 0 atom stereocenters. The van der Waals surface area contributed by atoms with Crippen molar-refractivity contribution in [3.05, 3.63) is 15.9 Å². The quantitative estimate of drug-likeness (QED) is 0.872. The van der Waals surface area contributed by atoms with Crippen molar-refractivity contribution in [2.24, 2.45) is 7.05 Å². The van der Waals surface area contributed by atoms with Crippen molar-refractivity contribution in [1.29, 1.82) is 0 Å². The predicted molar refractivity (Wildman–Crippen MR) is 76.1 cm³/mol. The molecule has 3 nitrogen and oxygen atoms in total. The van der Waals surface area contributed by atoms with Crippen molar-refractivity contribution >= 4 is 15.9 Å². The Morgan fingerprint density at radius 2 is 1.88 bits per heavy atom. The summed E-state index contributed by atoms with van der Waals surface area (Å²) in [7, 11) is 2.01. The first kappa shape index (κ1) is 14.7. The molecule has 0 unspecified atom stereocenters. The van der Waals surface area contributed by atoms with E-state index in [0.717, 1.165) is 36.0 Å². The molecule has 0 radical (unpaired) electrons. The van der Waals surface area contributed by atoms with Crippen LogP contribution < -0.4 is 5.32 Å². The standard InChI is InChI=1S/C13H24BrN3/c1-6-10-12(14)11(17(5)16-10)9-15-13(4,7-2)8-3/h15H,6-9H2,1-5H3. The van der Waals surface area contributed by atoms with E-state index in [2.05, 4.69) is 54.0 Å². The summed E-state index contributed by atoms with van der Waals surface area (Å²) in [5, 5.41) is 8.15. The number of nitrogens with zero attached hydrogens (tertiary/aromatic N) is 2. The molecule has 0 bridgehead atoms. The van der Waals surface area contributed by atoms with Crippen LogP contribution in [0.25, 0.3) is 0 Å². The highest BCUT2D eigenvalue weighted by Gasteiger charge is 2.20. The maximum Gasteiger partial charge on any atom is 0.0767 e. The minimum Gasteiger partial charge on any atom is -0.306 e. The highest BCUT2D eigenvalue weighted by atomic mass is 79.9. The van der Waals surface area contributed by atoms with E-state index in [0.29, 0.717) is 0 Å². The lowest BCUT2D eigenvalue weighted by Crippen LogP contribution is -2.40. The molecule has 0 amide bonds. The SMILES string of the molecule is CCc1nn(C)c(CNC(C)(CC)CC)c1Br. The monoisotopic (exact) mass is 301 g/mol. The molecule has 0 aromatic carbocycles. The van der Waals surface area contributed by atoms with Gasteiger partial charge in [-0.2, -0.15) is 5.10 Å².